The monoisotopic (exact) mass is 240 g/mol. The summed E-state index contributed by atoms with van der Waals surface area (Å²) in [6, 6.07) is 0. The third-order valence-corrected chi connectivity index (χ3v) is 3.72. The van der Waals surface area contributed by atoms with E-state index in [1.54, 1.807) is 0 Å². The molecule has 1 atom stereocenters. The van der Waals surface area contributed by atoms with Crippen LogP contribution in [0.1, 0.15) is 19.3 Å². The van der Waals surface area contributed by atoms with Crippen LogP contribution in [-0.4, -0.2) is 48.4 Å². The van der Waals surface area contributed by atoms with Crippen molar-refractivity contribution in [2.75, 3.05) is 33.2 Å². The zero-order chi connectivity index (χ0) is 11.4. The van der Waals surface area contributed by atoms with Crippen LogP contribution < -0.4 is 0 Å². The first-order chi connectivity index (χ1) is 7.75. The summed E-state index contributed by atoms with van der Waals surface area (Å²) in [5, 5.41) is 0.211. The summed E-state index contributed by atoms with van der Waals surface area (Å²) in [5.74, 6) is 0. The third-order valence-electron chi connectivity index (χ3n) is 3.36. The number of likely N-dealkylation sites (N-methyl/N-ethyl adjacent to an activating group) is 1. The molecule has 0 saturated carbocycles. The van der Waals surface area contributed by atoms with Gasteiger partial charge in [-0.2, -0.15) is 0 Å². The number of halogens is 1. The van der Waals surface area contributed by atoms with Crippen molar-refractivity contribution in [1.29, 1.82) is 0 Å². The van der Waals surface area contributed by atoms with Gasteiger partial charge in [0, 0.05) is 25.3 Å². The van der Waals surface area contributed by atoms with Crippen LogP contribution in [-0.2, 0) is 0 Å². The Kier molecular flexibility index (Phi) is 4.30. The van der Waals surface area contributed by atoms with Crippen LogP contribution in [0.15, 0.2) is 23.9 Å². The fraction of sp³-hybridized carbons (Fsp3) is 0.692. The number of alkyl halides is 1. The zero-order valence-corrected chi connectivity index (χ0v) is 10.8. The zero-order valence-electron chi connectivity index (χ0n) is 10.0. The summed E-state index contributed by atoms with van der Waals surface area (Å²) < 4.78 is 0. The topological polar surface area (TPSA) is 6.48 Å². The van der Waals surface area contributed by atoms with Crippen LogP contribution in [0.2, 0.25) is 0 Å². The Labute approximate surface area is 104 Å². The molecule has 16 heavy (non-hydrogen) atoms. The average molecular weight is 241 g/mol. The first-order valence-electron chi connectivity index (χ1n) is 6.21. The van der Waals surface area contributed by atoms with Gasteiger partial charge in [-0.15, -0.1) is 11.6 Å². The highest BCUT2D eigenvalue weighted by Gasteiger charge is 2.14. The van der Waals surface area contributed by atoms with Crippen molar-refractivity contribution in [3.8, 4) is 0 Å². The van der Waals surface area contributed by atoms with Crippen molar-refractivity contribution in [2.45, 2.75) is 24.6 Å². The van der Waals surface area contributed by atoms with Crippen molar-refractivity contribution in [3.63, 3.8) is 0 Å². The maximum Gasteiger partial charge on any atom is 0.0522 e. The molecule has 2 nitrogen and oxygen atoms in total. The summed E-state index contributed by atoms with van der Waals surface area (Å²) in [6.45, 7) is 4.69. The van der Waals surface area contributed by atoms with Gasteiger partial charge in [-0.3, -0.25) is 0 Å². The van der Waals surface area contributed by atoms with Crippen LogP contribution in [0.25, 0.3) is 0 Å². The van der Waals surface area contributed by atoms with E-state index in [4.69, 9.17) is 11.6 Å². The van der Waals surface area contributed by atoms with Crippen molar-refractivity contribution < 1.29 is 0 Å². The van der Waals surface area contributed by atoms with Crippen LogP contribution in [0.5, 0.6) is 0 Å². The molecule has 0 aromatic rings. The molecule has 1 heterocycles. The van der Waals surface area contributed by atoms with Gasteiger partial charge in [0.05, 0.1) is 5.38 Å². The lowest BCUT2D eigenvalue weighted by Gasteiger charge is -2.23. The Hall–Kier alpha value is -0.470. The van der Waals surface area contributed by atoms with E-state index >= 15 is 0 Å². The Bertz CT molecular complexity index is 286. The van der Waals surface area contributed by atoms with E-state index in [-0.39, 0.29) is 5.38 Å². The van der Waals surface area contributed by atoms with Crippen molar-refractivity contribution in [2.24, 2.45) is 0 Å². The second-order valence-corrected chi connectivity index (χ2v) is 5.29. The lowest BCUT2D eigenvalue weighted by Crippen LogP contribution is -2.27. The molecule has 1 aliphatic heterocycles. The quantitative estimate of drug-likeness (QED) is 0.650. The Morgan fingerprint density at radius 3 is 3.00 bits per heavy atom. The molecular weight excluding hydrogens is 220 g/mol. The van der Waals surface area contributed by atoms with Gasteiger partial charge in [0.25, 0.3) is 0 Å². The Morgan fingerprint density at radius 2 is 2.12 bits per heavy atom. The molecule has 0 N–H and O–H groups in total. The van der Waals surface area contributed by atoms with Gasteiger partial charge >= 0.3 is 0 Å². The fourth-order valence-corrected chi connectivity index (χ4v) is 2.50. The summed E-state index contributed by atoms with van der Waals surface area (Å²) in [6.07, 6.45) is 10.1. The molecule has 0 radical (unpaired) electrons. The van der Waals surface area contributed by atoms with E-state index in [0.717, 1.165) is 25.9 Å². The second-order valence-electron chi connectivity index (χ2n) is 4.73. The van der Waals surface area contributed by atoms with Crippen LogP contribution >= 0.6 is 11.6 Å². The van der Waals surface area contributed by atoms with E-state index in [0.29, 0.717) is 0 Å². The molecule has 0 spiro atoms. The van der Waals surface area contributed by atoms with Gasteiger partial charge in [-0.25, -0.2) is 0 Å². The molecule has 2 aliphatic rings. The maximum atomic E-state index is 6.13. The van der Waals surface area contributed by atoms with Crippen LogP contribution in [0.3, 0.4) is 0 Å². The van der Waals surface area contributed by atoms with Gasteiger partial charge in [0.1, 0.15) is 0 Å². The molecule has 3 heteroatoms. The first-order valence-corrected chi connectivity index (χ1v) is 6.65. The van der Waals surface area contributed by atoms with Crippen LogP contribution in [0.4, 0.5) is 0 Å². The molecule has 2 rings (SSSR count). The van der Waals surface area contributed by atoms with Gasteiger partial charge in [0.2, 0.25) is 0 Å². The normalized spacial score (nSPS) is 28.5. The summed E-state index contributed by atoms with van der Waals surface area (Å²) in [4.78, 5) is 4.90. The number of hydrogen-bond acceptors (Lipinski definition) is 2. The van der Waals surface area contributed by atoms with E-state index in [9.17, 15) is 0 Å². The third kappa shape index (κ3) is 3.26. The van der Waals surface area contributed by atoms with Crippen molar-refractivity contribution in [1.82, 2.24) is 9.80 Å². The number of nitrogens with zero attached hydrogens (tertiary/aromatic N) is 2. The smallest absolute Gasteiger partial charge is 0.0522 e. The molecule has 1 fully saturated rings. The number of rotatable bonds is 1. The van der Waals surface area contributed by atoms with Crippen molar-refractivity contribution in [3.05, 3.63) is 23.9 Å². The molecule has 0 aromatic carbocycles. The Morgan fingerprint density at radius 1 is 1.25 bits per heavy atom. The summed E-state index contributed by atoms with van der Waals surface area (Å²) in [7, 11) is 2.20. The van der Waals surface area contributed by atoms with E-state index in [1.165, 1.54) is 25.2 Å². The fourth-order valence-electron chi connectivity index (χ4n) is 2.30. The van der Waals surface area contributed by atoms with Crippen molar-refractivity contribution >= 4 is 11.6 Å². The minimum atomic E-state index is 0.211. The van der Waals surface area contributed by atoms with Gasteiger partial charge in [0.15, 0.2) is 0 Å². The average Bonchev–Trinajstić information content (AvgIpc) is 2.59. The molecule has 90 valence electrons. The van der Waals surface area contributed by atoms with Gasteiger partial charge in [-0.05, 0) is 38.9 Å². The van der Waals surface area contributed by atoms with Gasteiger partial charge in [-0.1, -0.05) is 12.2 Å². The molecule has 0 bridgehead atoms. The van der Waals surface area contributed by atoms with Crippen LogP contribution in [0, 0.1) is 0 Å². The summed E-state index contributed by atoms with van der Waals surface area (Å²) in [5.41, 5.74) is 1.37. The highest BCUT2D eigenvalue weighted by molar-refractivity contribution is 6.21. The maximum absolute atomic E-state index is 6.13. The predicted molar refractivity (Wildman–Crippen MR) is 69.8 cm³/mol. The minimum absolute atomic E-state index is 0.211. The number of allylic oxidation sites excluding steroid dienone is 3. The van der Waals surface area contributed by atoms with E-state index in [2.05, 4.69) is 35.1 Å². The first kappa shape index (κ1) is 12.0. The second kappa shape index (κ2) is 5.74. The highest BCUT2D eigenvalue weighted by atomic mass is 35.5. The summed E-state index contributed by atoms with van der Waals surface area (Å²) >= 11 is 6.13. The molecule has 0 aromatic heterocycles. The minimum Gasteiger partial charge on any atom is -0.370 e. The molecule has 1 saturated heterocycles. The largest absolute Gasteiger partial charge is 0.370 e. The lowest BCUT2D eigenvalue weighted by atomic mass is 10.2. The lowest BCUT2D eigenvalue weighted by molar-refractivity contribution is 0.329. The van der Waals surface area contributed by atoms with E-state index < -0.39 is 0 Å². The van der Waals surface area contributed by atoms with E-state index in [1.807, 2.05) is 0 Å². The standard InChI is InChI=1S/C13H21ClN2/c1-15-8-3-9-16(11-10-15)13-5-2-4-12(14)6-7-13/h5-7,12H,2-4,8-11H2,1H3. The van der Waals surface area contributed by atoms with Gasteiger partial charge < -0.3 is 9.80 Å². The Balaban J connectivity index is 2.00. The molecule has 0 amide bonds. The predicted octanol–water partition coefficient (Wildman–Crippen LogP) is 2.47. The molecule has 1 aliphatic carbocycles. The SMILES string of the molecule is CN1CCCN(C2=CCCC(Cl)C=C2)CC1. The molecular formula is C13H21ClN2. The highest BCUT2D eigenvalue weighted by Crippen LogP contribution is 2.19. The molecule has 1 unspecified atom stereocenters. The number of hydrogen-bond donors (Lipinski definition) is 0.